The summed E-state index contributed by atoms with van der Waals surface area (Å²) in [5, 5.41) is 12.5. The first-order valence-corrected chi connectivity index (χ1v) is 9.31. The highest BCUT2D eigenvalue weighted by atomic mass is 19.1. The lowest BCUT2D eigenvalue weighted by Crippen LogP contribution is -2.15. The number of aromatic nitrogens is 5. The second kappa shape index (κ2) is 7.16. The van der Waals surface area contributed by atoms with Crippen LogP contribution in [0, 0.1) is 12.7 Å². The SMILES string of the molecule is Cc1c(CCC(C)N)ccc(F)c1-c1cc2c(-c3cnn(C)c3)n[nH]c2cn1. The van der Waals surface area contributed by atoms with E-state index >= 15 is 0 Å². The Morgan fingerprint density at radius 1 is 1.29 bits per heavy atom. The second-order valence-electron chi connectivity index (χ2n) is 7.31. The zero-order valence-corrected chi connectivity index (χ0v) is 16.2. The summed E-state index contributed by atoms with van der Waals surface area (Å²) in [5.41, 5.74) is 11.5. The third-order valence-corrected chi connectivity index (χ3v) is 5.08. The highest BCUT2D eigenvalue weighted by Gasteiger charge is 2.17. The van der Waals surface area contributed by atoms with E-state index in [0.29, 0.717) is 11.3 Å². The third kappa shape index (κ3) is 3.29. The molecule has 28 heavy (non-hydrogen) atoms. The van der Waals surface area contributed by atoms with Crippen molar-refractivity contribution in [2.24, 2.45) is 12.8 Å². The Labute approximate surface area is 162 Å². The fourth-order valence-electron chi connectivity index (χ4n) is 3.51. The van der Waals surface area contributed by atoms with Crippen LogP contribution < -0.4 is 5.73 Å². The Hall–Kier alpha value is -3.06. The predicted octanol–water partition coefficient (Wildman–Crippen LogP) is 3.75. The standard InChI is InChI=1S/C21H23FN6/c1-12(23)4-5-14-6-7-17(22)20(13(14)2)18-8-16-19(10-24-18)26-27-21(16)15-9-25-28(3)11-15/h6-12H,4-5,23H2,1-3H3,(H,26,27). The minimum atomic E-state index is -0.277. The Morgan fingerprint density at radius 2 is 2.11 bits per heavy atom. The quantitative estimate of drug-likeness (QED) is 0.554. The first-order chi connectivity index (χ1) is 13.4. The maximum absolute atomic E-state index is 14.8. The van der Waals surface area contributed by atoms with Gasteiger partial charge in [-0.1, -0.05) is 6.07 Å². The summed E-state index contributed by atoms with van der Waals surface area (Å²) in [6, 6.07) is 5.35. The maximum Gasteiger partial charge on any atom is 0.132 e. The van der Waals surface area contributed by atoms with Crippen LogP contribution in [0.1, 0.15) is 24.5 Å². The van der Waals surface area contributed by atoms with Gasteiger partial charge in [-0.25, -0.2) is 4.39 Å². The molecule has 1 unspecified atom stereocenters. The molecular weight excluding hydrogens is 355 g/mol. The number of nitrogens with zero attached hydrogens (tertiary/aromatic N) is 4. The van der Waals surface area contributed by atoms with E-state index in [1.165, 1.54) is 6.07 Å². The lowest BCUT2D eigenvalue weighted by atomic mass is 9.94. The molecule has 4 aromatic rings. The van der Waals surface area contributed by atoms with E-state index < -0.39 is 0 Å². The lowest BCUT2D eigenvalue weighted by molar-refractivity contribution is 0.626. The number of pyridine rings is 1. The van der Waals surface area contributed by atoms with Gasteiger partial charge in [0.2, 0.25) is 0 Å². The van der Waals surface area contributed by atoms with Crippen LogP contribution >= 0.6 is 0 Å². The zero-order valence-electron chi connectivity index (χ0n) is 16.2. The molecule has 0 radical (unpaired) electrons. The Balaban J connectivity index is 1.82. The van der Waals surface area contributed by atoms with Gasteiger partial charge in [-0.2, -0.15) is 10.2 Å². The molecule has 1 aromatic carbocycles. The van der Waals surface area contributed by atoms with Crippen LogP contribution in [0.4, 0.5) is 4.39 Å². The minimum Gasteiger partial charge on any atom is -0.328 e. The number of halogens is 1. The van der Waals surface area contributed by atoms with Crippen LogP contribution in [0.15, 0.2) is 36.8 Å². The highest BCUT2D eigenvalue weighted by molar-refractivity contribution is 5.94. The molecule has 0 spiro atoms. The van der Waals surface area contributed by atoms with E-state index in [4.69, 9.17) is 5.73 Å². The van der Waals surface area contributed by atoms with Crippen molar-refractivity contribution in [3.63, 3.8) is 0 Å². The molecule has 3 heterocycles. The van der Waals surface area contributed by atoms with Crippen molar-refractivity contribution in [2.45, 2.75) is 32.7 Å². The van der Waals surface area contributed by atoms with Crippen LogP contribution in [-0.4, -0.2) is 31.0 Å². The van der Waals surface area contributed by atoms with Crippen LogP contribution in [0.5, 0.6) is 0 Å². The van der Waals surface area contributed by atoms with Crippen molar-refractivity contribution in [3.8, 4) is 22.5 Å². The molecule has 3 aromatic heterocycles. The average Bonchev–Trinajstić information content (AvgIpc) is 3.26. The summed E-state index contributed by atoms with van der Waals surface area (Å²) in [6.45, 7) is 3.92. The largest absolute Gasteiger partial charge is 0.328 e. The van der Waals surface area contributed by atoms with Crippen molar-refractivity contribution in [2.75, 3.05) is 0 Å². The number of benzene rings is 1. The maximum atomic E-state index is 14.8. The first kappa shape index (κ1) is 18.3. The van der Waals surface area contributed by atoms with E-state index in [1.54, 1.807) is 17.1 Å². The third-order valence-electron chi connectivity index (χ3n) is 5.08. The van der Waals surface area contributed by atoms with Gasteiger partial charge < -0.3 is 5.73 Å². The molecule has 6 nitrogen and oxygen atoms in total. The van der Waals surface area contributed by atoms with Gasteiger partial charge in [0.15, 0.2) is 0 Å². The molecule has 0 bridgehead atoms. The van der Waals surface area contributed by atoms with E-state index in [-0.39, 0.29) is 11.9 Å². The summed E-state index contributed by atoms with van der Waals surface area (Å²) in [6.07, 6.45) is 7.02. The molecule has 0 saturated heterocycles. The van der Waals surface area contributed by atoms with Crippen molar-refractivity contribution < 1.29 is 4.39 Å². The van der Waals surface area contributed by atoms with Crippen molar-refractivity contribution >= 4 is 10.9 Å². The zero-order chi connectivity index (χ0) is 19.8. The van der Waals surface area contributed by atoms with Gasteiger partial charge in [-0.15, -0.1) is 0 Å². The van der Waals surface area contributed by atoms with E-state index in [1.807, 2.05) is 39.2 Å². The van der Waals surface area contributed by atoms with Crippen molar-refractivity contribution in [1.29, 1.82) is 0 Å². The Morgan fingerprint density at radius 3 is 2.82 bits per heavy atom. The molecule has 0 saturated carbocycles. The van der Waals surface area contributed by atoms with Gasteiger partial charge in [0.25, 0.3) is 0 Å². The van der Waals surface area contributed by atoms with Crippen molar-refractivity contribution in [3.05, 3.63) is 53.7 Å². The van der Waals surface area contributed by atoms with Gasteiger partial charge in [0.1, 0.15) is 11.5 Å². The van der Waals surface area contributed by atoms with Gasteiger partial charge in [0.05, 0.1) is 23.6 Å². The average molecular weight is 378 g/mol. The summed E-state index contributed by atoms with van der Waals surface area (Å²) in [5.74, 6) is -0.277. The van der Waals surface area contributed by atoms with Crippen LogP contribution in [0.25, 0.3) is 33.4 Å². The molecule has 3 N–H and O–H groups in total. The molecule has 1 atom stereocenters. The summed E-state index contributed by atoms with van der Waals surface area (Å²) in [4.78, 5) is 4.49. The van der Waals surface area contributed by atoms with Crippen LogP contribution in [0.3, 0.4) is 0 Å². The molecular formula is C21H23FN6. The number of nitrogens with one attached hydrogen (secondary N) is 1. The summed E-state index contributed by atoms with van der Waals surface area (Å²) in [7, 11) is 1.86. The lowest BCUT2D eigenvalue weighted by Gasteiger charge is -2.13. The number of nitrogens with two attached hydrogens (primary N) is 1. The number of hydrogen-bond donors (Lipinski definition) is 2. The molecule has 0 aliphatic carbocycles. The Kier molecular flexibility index (Phi) is 4.68. The van der Waals surface area contributed by atoms with E-state index in [0.717, 1.165) is 46.1 Å². The summed E-state index contributed by atoms with van der Waals surface area (Å²) < 4.78 is 16.5. The van der Waals surface area contributed by atoms with Gasteiger partial charge in [-0.05, 0) is 49.9 Å². The number of aromatic amines is 1. The Bertz CT molecular complexity index is 1140. The van der Waals surface area contributed by atoms with Gasteiger partial charge in [-0.3, -0.25) is 14.8 Å². The van der Waals surface area contributed by atoms with Crippen LogP contribution in [0.2, 0.25) is 0 Å². The second-order valence-corrected chi connectivity index (χ2v) is 7.31. The first-order valence-electron chi connectivity index (χ1n) is 9.31. The molecule has 4 rings (SSSR count). The van der Waals surface area contributed by atoms with E-state index in [9.17, 15) is 4.39 Å². The molecule has 0 amide bonds. The van der Waals surface area contributed by atoms with E-state index in [2.05, 4.69) is 20.3 Å². The molecule has 0 aliphatic rings. The smallest absolute Gasteiger partial charge is 0.132 e. The number of hydrogen-bond acceptors (Lipinski definition) is 4. The molecule has 0 fully saturated rings. The van der Waals surface area contributed by atoms with Crippen molar-refractivity contribution in [1.82, 2.24) is 25.0 Å². The fraction of sp³-hybridized carbons (Fsp3) is 0.286. The molecule has 144 valence electrons. The number of H-pyrrole nitrogens is 1. The number of aryl methyl sites for hydroxylation is 2. The molecule has 0 aliphatic heterocycles. The fourth-order valence-corrected chi connectivity index (χ4v) is 3.51. The number of rotatable bonds is 5. The van der Waals surface area contributed by atoms with Gasteiger partial charge in [0, 0.05) is 35.8 Å². The topological polar surface area (TPSA) is 85.4 Å². The number of fused-ring (bicyclic) bond motifs is 1. The monoisotopic (exact) mass is 378 g/mol. The highest BCUT2D eigenvalue weighted by Crippen LogP contribution is 2.32. The normalized spacial score (nSPS) is 12.6. The predicted molar refractivity (Wildman–Crippen MR) is 108 cm³/mol. The van der Waals surface area contributed by atoms with Crippen LogP contribution in [-0.2, 0) is 13.5 Å². The van der Waals surface area contributed by atoms with Gasteiger partial charge >= 0.3 is 0 Å². The molecule has 7 heteroatoms. The minimum absolute atomic E-state index is 0.107. The summed E-state index contributed by atoms with van der Waals surface area (Å²) >= 11 is 0.